The molecular weight excluding hydrogens is 186 g/mol. The summed E-state index contributed by atoms with van der Waals surface area (Å²) in [6.45, 7) is 12.3. The third kappa shape index (κ3) is 3.71. The summed E-state index contributed by atoms with van der Waals surface area (Å²) in [6, 6.07) is 2.38. The van der Waals surface area contributed by atoms with Crippen molar-refractivity contribution in [1.29, 1.82) is 0 Å². The van der Waals surface area contributed by atoms with Crippen LogP contribution in [-0.4, -0.2) is 6.54 Å². The maximum Gasteiger partial charge on any atom is 0.0950 e. The van der Waals surface area contributed by atoms with Gasteiger partial charge in [0.2, 0.25) is 0 Å². The Morgan fingerprint density at radius 3 is 2.47 bits per heavy atom. The van der Waals surface area contributed by atoms with Gasteiger partial charge in [-0.25, -0.2) is 0 Å². The number of rotatable bonds is 4. The highest BCUT2D eigenvalue weighted by Crippen LogP contribution is 2.25. The van der Waals surface area contributed by atoms with Gasteiger partial charge in [-0.15, -0.1) is 0 Å². The average Bonchev–Trinajstić information content (AvgIpc) is 2.64. The third-order valence-corrected chi connectivity index (χ3v) is 3.25. The molecule has 2 unspecified atom stereocenters. The number of hydrogen-bond donors (Lipinski definition) is 1. The van der Waals surface area contributed by atoms with Gasteiger partial charge in [0.25, 0.3) is 0 Å². The van der Waals surface area contributed by atoms with Gasteiger partial charge in [0.15, 0.2) is 0 Å². The fraction of sp³-hybridized carbons (Fsp3) is 0.692. The Morgan fingerprint density at radius 1 is 1.33 bits per heavy atom. The molecule has 2 atom stereocenters. The van der Waals surface area contributed by atoms with Crippen molar-refractivity contribution in [2.45, 2.75) is 40.7 Å². The van der Waals surface area contributed by atoms with Crippen LogP contribution in [-0.2, 0) is 0 Å². The lowest BCUT2D eigenvalue weighted by Crippen LogP contribution is -2.31. The predicted molar refractivity (Wildman–Crippen MR) is 63.7 cm³/mol. The van der Waals surface area contributed by atoms with Crippen LogP contribution in [0.25, 0.3) is 0 Å². The van der Waals surface area contributed by atoms with Crippen molar-refractivity contribution in [2.24, 2.45) is 11.3 Å². The van der Waals surface area contributed by atoms with Crippen LogP contribution in [0.1, 0.15) is 46.2 Å². The molecule has 1 rings (SSSR count). The van der Waals surface area contributed by atoms with Crippen LogP contribution in [0.2, 0.25) is 0 Å². The molecule has 1 heterocycles. The summed E-state index contributed by atoms with van der Waals surface area (Å²) in [5.74, 6) is 0.659. The Balaban J connectivity index is 2.38. The molecule has 1 N–H and O–H groups in total. The largest absolute Gasteiger partial charge is 0.472 e. The second-order valence-electron chi connectivity index (χ2n) is 5.45. The first-order valence-corrected chi connectivity index (χ1v) is 5.66. The van der Waals surface area contributed by atoms with E-state index in [0.717, 1.165) is 6.54 Å². The molecule has 0 saturated heterocycles. The van der Waals surface area contributed by atoms with Gasteiger partial charge >= 0.3 is 0 Å². The zero-order valence-corrected chi connectivity index (χ0v) is 10.5. The van der Waals surface area contributed by atoms with E-state index in [-0.39, 0.29) is 0 Å². The number of furan rings is 1. The van der Waals surface area contributed by atoms with Crippen molar-refractivity contribution >= 4 is 0 Å². The van der Waals surface area contributed by atoms with E-state index in [1.165, 1.54) is 5.56 Å². The maximum absolute atomic E-state index is 5.07. The summed E-state index contributed by atoms with van der Waals surface area (Å²) >= 11 is 0. The van der Waals surface area contributed by atoms with Crippen molar-refractivity contribution in [3.05, 3.63) is 24.2 Å². The number of nitrogens with one attached hydrogen (secondary N) is 1. The van der Waals surface area contributed by atoms with Crippen LogP contribution < -0.4 is 5.32 Å². The minimum atomic E-state index is 0.364. The van der Waals surface area contributed by atoms with Crippen LogP contribution >= 0.6 is 0 Å². The molecule has 0 bridgehead atoms. The Bertz CT molecular complexity index is 271. The molecule has 0 saturated carbocycles. The molecule has 2 heteroatoms. The Morgan fingerprint density at radius 2 is 2.00 bits per heavy atom. The normalized spacial score (nSPS) is 16.3. The standard InChI is InChI=1S/C13H23NO/c1-10(13(3,4)5)8-14-11(2)12-6-7-15-9-12/h6-7,9-11,14H,8H2,1-5H3. The van der Waals surface area contributed by atoms with Crippen molar-refractivity contribution in [1.82, 2.24) is 5.32 Å². The first kappa shape index (κ1) is 12.3. The summed E-state index contributed by atoms with van der Waals surface area (Å²) in [5, 5.41) is 3.53. The second kappa shape index (κ2) is 4.84. The first-order chi connectivity index (χ1) is 6.91. The van der Waals surface area contributed by atoms with Crippen LogP contribution in [0.15, 0.2) is 23.0 Å². The van der Waals surface area contributed by atoms with Gasteiger partial charge in [-0.3, -0.25) is 0 Å². The SMILES string of the molecule is CC(NCC(C)C(C)(C)C)c1ccoc1. The van der Waals surface area contributed by atoms with Gasteiger partial charge in [0.1, 0.15) is 0 Å². The summed E-state index contributed by atoms with van der Waals surface area (Å²) in [6.07, 6.45) is 3.53. The fourth-order valence-corrected chi connectivity index (χ4v) is 1.30. The van der Waals surface area contributed by atoms with Gasteiger partial charge in [-0.05, 0) is 30.9 Å². The molecule has 0 fully saturated rings. The van der Waals surface area contributed by atoms with Crippen molar-refractivity contribution in [3.8, 4) is 0 Å². The summed E-state index contributed by atoms with van der Waals surface area (Å²) in [4.78, 5) is 0. The highest BCUT2D eigenvalue weighted by Gasteiger charge is 2.20. The molecule has 1 aromatic heterocycles. The van der Waals surface area contributed by atoms with Crippen LogP contribution in [0, 0.1) is 11.3 Å². The van der Waals surface area contributed by atoms with Crippen LogP contribution in [0.4, 0.5) is 0 Å². The summed E-state index contributed by atoms with van der Waals surface area (Å²) in [5.41, 5.74) is 1.58. The van der Waals surface area contributed by atoms with Gasteiger partial charge in [-0.1, -0.05) is 27.7 Å². The Labute approximate surface area is 93.1 Å². The van der Waals surface area contributed by atoms with Crippen LogP contribution in [0.3, 0.4) is 0 Å². The van der Waals surface area contributed by atoms with Crippen molar-refractivity contribution in [2.75, 3.05) is 6.54 Å². The molecule has 0 aliphatic heterocycles. The van der Waals surface area contributed by atoms with E-state index in [1.807, 2.05) is 6.07 Å². The summed E-state index contributed by atoms with van der Waals surface area (Å²) < 4.78 is 5.07. The zero-order chi connectivity index (χ0) is 11.5. The summed E-state index contributed by atoms with van der Waals surface area (Å²) in [7, 11) is 0. The van der Waals surface area contributed by atoms with Crippen molar-refractivity contribution < 1.29 is 4.42 Å². The van der Waals surface area contributed by atoms with E-state index in [2.05, 4.69) is 39.9 Å². The molecule has 86 valence electrons. The monoisotopic (exact) mass is 209 g/mol. The van der Waals surface area contributed by atoms with Gasteiger partial charge in [0, 0.05) is 11.6 Å². The lowest BCUT2D eigenvalue weighted by molar-refractivity contribution is 0.247. The molecule has 15 heavy (non-hydrogen) atoms. The zero-order valence-electron chi connectivity index (χ0n) is 10.5. The average molecular weight is 209 g/mol. The molecule has 1 aromatic rings. The molecule has 0 aliphatic rings. The van der Waals surface area contributed by atoms with Gasteiger partial charge in [-0.2, -0.15) is 0 Å². The third-order valence-electron chi connectivity index (χ3n) is 3.25. The molecule has 2 nitrogen and oxygen atoms in total. The van der Waals surface area contributed by atoms with E-state index in [4.69, 9.17) is 4.42 Å². The maximum atomic E-state index is 5.07. The van der Waals surface area contributed by atoms with E-state index in [1.54, 1.807) is 12.5 Å². The van der Waals surface area contributed by atoms with Crippen LogP contribution in [0.5, 0.6) is 0 Å². The quantitative estimate of drug-likeness (QED) is 0.819. The fourth-order valence-electron chi connectivity index (χ4n) is 1.30. The molecule has 0 aliphatic carbocycles. The second-order valence-corrected chi connectivity index (χ2v) is 5.45. The highest BCUT2D eigenvalue weighted by atomic mass is 16.3. The van der Waals surface area contributed by atoms with E-state index in [9.17, 15) is 0 Å². The molecule has 0 aromatic carbocycles. The lowest BCUT2D eigenvalue weighted by atomic mass is 9.82. The molecule has 0 spiro atoms. The van der Waals surface area contributed by atoms with E-state index in [0.29, 0.717) is 17.4 Å². The predicted octanol–water partition coefficient (Wildman–Crippen LogP) is 3.61. The molecule has 0 amide bonds. The minimum absolute atomic E-state index is 0.364. The lowest BCUT2D eigenvalue weighted by Gasteiger charge is -2.28. The van der Waals surface area contributed by atoms with Gasteiger partial charge < -0.3 is 9.73 Å². The minimum Gasteiger partial charge on any atom is -0.472 e. The smallest absolute Gasteiger partial charge is 0.0950 e. The molecule has 0 radical (unpaired) electrons. The molecular formula is C13H23NO. The highest BCUT2D eigenvalue weighted by molar-refractivity contribution is 5.10. The van der Waals surface area contributed by atoms with Crippen molar-refractivity contribution in [3.63, 3.8) is 0 Å². The topological polar surface area (TPSA) is 25.2 Å². The Kier molecular flexibility index (Phi) is 3.97. The first-order valence-electron chi connectivity index (χ1n) is 5.66. The van der Waals surface area contributed by atoms with E-state index >= 15 is 0 Å². The van der Waals surface area contributed by atoms with E-state index < -0.39 is 0 Å². The Hall–Kier alpha value is -0.760. The van der Waals surface area contributed by atoms with Gasteiger partial charge in [0.05, 0.1) is 12.5 Å². The number of hydrogen-bond acceptors (Lipinski definition) is 2.